The number of carbonyl (C=O) groups is 2. The summed E-state index contributed by atoms with van der Waals surface area (Å²) in [7, 11) is -4.66. The van der Waals surface area contributed by atoms with Gasteiger partial charge in [0, 0.05) is 6.42 Å². The Labute approximate surface area is 111 Å². The van der Waals surface area contributed by atoms with Gasteiger partial charge in [-0.05, 0) is 6.42 Å². The van der Waals surface area contributed by atoms with Gasteiger partial charge in [0.1, 0.15) is 6.61 Å². The van der Waals surface area contributed by atoms with Gasteiger partial charge in [0.15, 0.2) is 6.10 Å². The number of phosphoric acid groups is 1. The fraction of sp³-hybridized carbons (Fsp3) is 0.800. The summed E-state index contributed by atoms with van der Waals surface area (Å²) in [4.78, 5) is 38.5. The Balaban J connectivity index is 4.13. The maximum absolute atomic E-state index is 11.4. The molecule has 0 fully saturated rings. The van der Waals surface area contributed by atoms with Gasteiger partial charge in [-0.25, -0.2) is 4.57 Å². The van der Waals surface area contributed by atoms with Gasteiger partial charge < -0.3 is 19.3 Å². The van der Waals surface area contributed by atoms with Crippen molar-refractivity contribution in [1.82, 2.24) is 0 Å². The highest BCUT2D eigenvalue weighted by Gasteiger charge is 2.21. The second-order valence-corrected chi connectivity index (χ2v) is 5.02. The first-order valence-corrected chi connectivity index (χ1v) is 7.37. The minimum absolute atomic E-state index is 0.148. The minimum atomic E-state index is -4.66. The Kier molecular flexibility index (Phi) is 9.42. The van der Waals surface area contributed by atoms with Crippen molar-refractivity contribution >= 4 is 20.3 Å². The van der Waals surface area contributed by atoms with E-state index in [1.54, 1.807) is 0 Å². The van der Waals surface area contributed by atoms with E-state index in [-0.39, 0.29) is 19.5 Å². The highest BCUT2D eigenvalue weighted by atomic mass is 31.2. The molecule has 2 N–H and O–H groups in total. The number of unbranched alkanes of at least 4 members (excludes halogenated alkanes) is 2. The van der Waals surface area contributed by atoms with Gasteiger partial charge in [-0.3, -0.25) is 14.1 Å². The Morgan fingerprint density at radius 3 is 2.53 bits per heavy atom. The number of hydrogen-bond donors (Lipinski definition) is 2. The normalized spacial score (nSPS) is 12.8. The van der Waals surface area contributed by atoms with Crippen LogP contribution in [0.2, 0.25) is 0 Å². The molecule has 0 aliphatic carbocycles. The smallest absolute Gasteiger partial charge is 0.464 e. The number of hydrogen-bond acceptors (Lipinski definition) is 6. The number of ether oxygens (including phenoxy) is 2. The van der Waals surface area contributed by atoms with E-state index in [0.29, 0.717) is 6.42 Å². The second kappa shape index (κ2) is 9.91. The number of esters is 1. The minimum Gasteiger partial charge on any atom is -0.464 e. The molecule has 0 unspecified atom stereocenters. The predicted octanol–water partition coefficient (Wildman–Crippen LogP) is 0.761. The SMILES string of the molecule is CCCCCC(=O)O[C@H](COC=O)COP(=O)(O)O. The van der Waals surface area contributed by atoms with Crippen LogP contribution in [0, 0.1) is 0 Å². The third-order valence-corrected chi connectivity index (χ3v) is 2.55. The molecule has 0 aromatic rings. The van der Waals surface area contributed by atoms with Crippen LogP contribution >= 0.6 is 7.82 Å². The third-order valence-electron chi connectivity index (χ3n) is 2.06. The van der Waals surface area contributed by atoms with Crippen LogP contribution in [0.25, 0.3) is 0 Å². The van der Waals surface area contributed by atoms with Crippen LogP contribution in [0.1, 0.15) is 32.6 Å². The van der Waals surface area contributed by atoms with Crippen molar-refractivity contribution in [3.8, 4) is 0 Å². The van der Waals surface area contributed by atoms with E-state index in [0.717, 1.165) is 12.8 Å². The summed E-state index contributed by atoms with van der Waals surface area (Å²) >= 11 is 0. The zero-order valence-electron chi connectivity index (χ0n) is 10.7. The maximum atomic E-state index is 11.4. The Hall–Kier alpha value is -0.950. The summed E-state index contributed by atoms with van der Waals surface area (Å²) in [6.07, 6.45) is 1.65. The van der Waals surface area contributed by atoms with Crippen LogP contribution in [0.4, 0.5) is 0 Å². The van der Waals surface area contributed by atoms with Crippen LogP contribution in [-0.2, 0) is 28.2 Å². The molecule has 0 saturated heterocycles. The van der Waals surface area contributed by atoms with E-state index in [9.17, 15) is 14.2 Å². The van der Waals surface area contributed by atoms with Crippen molar-refractivity contribution in [2.24, 2.45) is 0 Å². The zero-order valence-corrected chi connectivity index (χ0v) is 11.6. The first kappa shape index (κ1) is 18.0. The van der Waals surface area contributed by atoms with E-state index in [1.807, 2.05) is 6.92 Å². The molecule has 0 bridgehead atoms. The molecule has 19 heavy (non-hydrogen) atoms. The molecule has 9 heteroatoms. The van der Waals surface area contributed by atoms with Gasteiger partial charge in [0.25, 0.3) is 6.47 Å². The summed E-state index contributed by atoms with van der Waals surface area (Å²) in [5, 5.41) is 0. The number of rotatable bonds is 11. The predicted molar refractivity (Wildman–Crippen MR) is 64.0 cm³/mol. The molecule has 0 aromatic heterocycles. The molecular formula is C10H19O8P. The zero-order chi connectivity index (χ0) is 14.7. The van der Waals surface area contributed by atoms with E-state index in [1.165, 1.54) is 0 Å². The lowest BCUT2D eigenvalue weighted by molar-refractivity contribution is -0.156. The average Bonchev–Trinajstić information content (AvgIpc) is 2.32. The van der Waals surface area contributed by atoms with E-state index >= 15 is 0 Å². The van der Waals surface area contributed by atoms with Crippen molar-refractivity contribution in [3.63, 3.8) is 0 Å². The molecular weight excluding hydrogens is 279 g/mol. The van der Waals surface area contributed by atoms with Crippen molar-refractivity contribution in [2.75, 3.05) is 13.2 Å². The fourth-order valence-electron chi connectivity index (χ4n) is 1.21. The molecule has 0 aliphatic rings. The van der Waals surface area contributed by atoms with Crippen LogP contribution in [0.3, 0.4) is 0 Å². The number of carbonyl (C=O) groups excluding carboxylic acids is 2. The van der Waals surface area contributed by atoms with Crippen molar-refractivity contribution in [3.05, 3.63) is 0 Å². The van der Waals surface area contributed by atoms with Crippen LogP contribution in [-0.4, -0.2) is 41.5 Å². The summed E-state index contributed by atoms with van der Waals surface area (Å²) < 4.78 is 24.0. The highest BCUT2D eigenvalue weighted by molar-refractivity contribution is 7.46. The Bertz CT molecular complexity index is 313. The van der Waals surface area contributed by atoms with Crippen molar-refractivity contribution in [2.45, 2.75) is 38.7 Å². The monoisotopic (exact) mass is 298 g/mol. The van der Waals surface area contributed by atoms with Gasteiger partial charge in [0.2, 0.25) is 0 Å². The summed E-state index contributed by atoms with van der Waals surface area (Å²) in [6.45, 7) is 1.27. The Morgan fingerprint density at radius 1 is 1.32 bits per heavy atom. The molecule has 0 aliphatic heterocycles. The lowest BCUT2D eigenvalue weighted by Crippen LogP contribution is -2.28. The molecule has 8 nitrogen and oxygen atoms in total. The molecule has 1 atom stereocenters. The van der Waals surface area contributed by atoms with E-state index in [2.05, 4.69) is 9.26 Å². The topological polar surface area (TPSA) is 119 Å². The first-order chi connectivity index (χ1) is 8.89. The third kappa shape index (κ3) is 11.9. The van der Waals surface area contributed by atoms with Crippen LogP contribution < -0.4 is 0 Å². The summed E-state index contributed by atoms with van der Waals surface area (Å²) in [5.74, 6) is -0.526. The molecule has 0 rings (SSSR count). The lowest BCUT2D eigenvalue weighted by Gasteiger charge is -2.17. The lowest BCUT2D eigenvalue weighted by atomic mass is 10.2. The molecule has 0 saturated carbocycles. The summed E-state index contributed by atoms with van der Waals surface area (Å²) in [6, 6.07) is 0. The quantitative estimate of drug-likeness (QED) is 0.248. The summed E-state index contributed by atoms with van der Waals surface area (Å²) in [5.41, 5.74) is 0. The van der Waals surface area contributed by atoms with Gasteiger partial charge in [0.05, 0.1) is 6.61 Å². The number of phosphoric ester groups is 1. The van der Waals surface area contributed by atoms with Gasteiger partial charge in [-0.2, -0.15) is 0 Å². The Morgan fingerprint density at radius 2 is 2.00 bits per heavy atom. The van der Waals surface area contributed by atoms with Crippen LogP contribution in [0.15, 0.2) is 0 Å². The molecule has 0 heterocycles. The molecule has 0 amide bonds. The van der Waals surface area contributed by atoms with Crippen LogP contribution in [0.5, 0.6) is 0 Å². The van der Waals surface area contributed by atoms with Crippen molar-refractivity contribution in [1.29, 1.82) is 0 Å². The average molecular weight is 298 g/mol. The van der Waals surface area contributed by atoms with E-state index < -0.39 is 26.5 Å². The second-order valence-electron chi connectivity index (χ2n) is 3.78. The highest BCUT2D eigenvalue weighted by Crippen LogP contribution is 2.35. The van der Waals surface area contributed by atoms with E-state index in [4.69, 9.17) is 14.5 Å². The van der Waals surface area contributed by atoms with Gasteiger partial charge in [-0.15, -0.1) is 0 Å². The molecule has 0 radical (unpaired) electrons. The largest absolute Gasteiger partial charge is 0.469 e. The molecule has 0 aromatic carbocycles. The first-order valence-electron chi connectivity index (χ1n) is 5.84. The molecule has 112 valence electrons. The van der Waals surface area contributed by atoms with Gasteiger partial charge >= 0.3 is 13.8 Å². The fourth-order valence-corrected chi connectivity index (χ4v) is 1.57. The van der Waals surface area contributed by atoms with Crippen molar-refractivity contribution < 1.29 is 37.9 Å². The molecule has 0 spiro atoms. The maximum Gasteiger partial charge on any atom is 0.469 e. The standard InChI is InChI=1S/C10H19O8P/c1-2-3-4-5-10(12)18-9(6-16-8-11)7-17-19(13,14)15/h8-9H,2-7H2,1H3,(H2,13,14,15)/t9-/m1/s1. The van der Waals surface area contributed by atoms with Gasteiger partial charge in [-0.1, -0.05) is 19.8 Å².